The third kappa shape index (κ3) is 3.43. The van der Waals surface area contributed by atoms with Crippen LogP contribution in [0.5, 0.6) is 0 Å². The highest BCUT2D eigenvalue weighted by molar-refractivity contribution is 5.58. The summed E-state index contributed by atoms with van der Waals surface area (Å²) in [6.45, 7) is 9.24. The van der Waals surface area contributed by atoms with Gasteiger partial charge in [-0.1, -0.05) is 18.4 Å². The van der Waals surface area contributed by atoms with Crippen LogP contribution in [0.25, 0.3) is 5.76 Å². The molecule has 0 aliphatic heterocycles. The van der Waals surface area contributed by atoms with Crippen LogP contribution in [0.1, 0.15) is 31.9 Å². The fraction of sp³-hybridized carbons (Fsp3) is 0.286. The van der Waals surface area contributed by atoms with Crippen molar-refractivity contribution in [3.8, 4) is 11.8 Å². The van der Waals surface area contributed by atoms with Crippen molar-refractivity contribution in [1.29, 1.82) is 0 Å². The summed E-state index contributed by atoms with van der Waals surface area (Å²) in [4.78, 5) is 0. The summed E-state index contributed by atoms with van der Waals surface area (Å²) in [5.74, 6) is 5.13. The summed E-state index contributed by atoms with van der Waals surface area (Å²) in [6.07, 6.45) is 0. The van der Waals surface area contributed by atoms with Crippen LogP contribution in [0, 0.1) is 23.1 Å². The molecular formula is C14H15FO. The van der Waals surface area contributed by atoms with Crippen molar-refractivity contribution >= 4 is 5.76 Å². The van der Waals surface area contributed by atoms with Gasteiger partial charge in [0, 0.05) is 11.0 Å². The fourth-order valence-electron chi connectivity index (χ4n) is 1.09. The molecule has 1 nitrogen and oxygen atoms in total. The Bertz CT molecular complexity index is 470. The number of aliphatic hydroxyl groups is 1. The number of hydrogen-bond acceptors (Lipinski definition) is 1. The molecule has 0 aliphatic carbocycles. The first-order valence-electron chi connectivity index (χ1n) is 5.00. The number of benzene rings is 1. The fourth-order valence-corrected chi connectivity index (χ4v) is 1.09. The topological polar surface area (TPSA) is 20.2 Å². The Kier molecular flexibility index (Phi) is 3.39. The maximum atomic E-state index is 13.4. The second-order valence-electron chi connectivity index (χ2n) is 4.64. The van der Waals surface area contributed by atoms with Crippen LogP contribution in [0.15, 0.2) is 24.8 Å². The molecule has 1 rings (SSSR count). The molecule has 1 N–H and O–H groups in total. The smallest absolute Gasteiger partial charge is 0.135 e. The van der Waals surface area contributed by atoms with Gasteiger partial charge in [-0.05, 0) is 39.0 Å². The minimum Gasteiger partial charge on any atom is -0.508 e. The zero-order valence-electron chi connectivity index (χ0n) is 9.76. The average molecular weight is 218 g/mol. The second kappa shape index (κ2) is 4.40. The molecule has 0 fully saturated rings. The van der Waals surface area contributed by atoms with E-state index in [1.807, 2.05) is 20.8 Å². The molecule has 0 amide bonds. The lowest BCUT2D eigenvalue weighted by Gasteiger charge is -2.07. The number of hydrogen-bond donors (Lipinski definition) is 1. The van der Waals surface area contributed by atoms with Crippen LogP contribution >= 0.6 is 0 Å². The van der Waals surface area contributed by atoms with Gasteiger partial charge in [-0.2, -0.15) is 0 Å². The zero-order valence-corrected chi connectivity index (χ0v) is 9.76. The summed E-state index contributed by atoms with van der Waals surface area (Å²) in [7, 11) is 0. The monoisotopic (exact) mass is 218 g/mol. The maximum Gasteiger partial charge on any atom is 0.135 e. The van der Waals surface area contributed by atoms with E-state index in [9.17, 15) is 4.39 Å². The number of rotatable bonds is 1. The van der Waals surface area contributed by atoms with Crippen molar-refractivity contribution in [2.24, 2.45) is 5.41 Å². The van der Waals surface area contributed by atoms with Gasteiger partial charge in [0.1, 0.15) is 11.6 Å². The van der Waals surface area contributed by atoms with Crippen LogP contribution < -0.4 is 0 Å². The van der Waals surface area contributed by atoms with Crippen molar-refractivity contribution in [3.05, 3.63) is 41.7 Å². The minimum atomic E-state index is -0.506. The quantitative estimate of drug-likeness (QED) is 0.562. The molecule has 16 heavy (non-hydrogen) atoms. The van der Waals surface area contributed by atoms with Gasteiger partial charge in [0.25, 0.3) is 0 Å². The van der Waals surface area contributed by atoms with E-state index in [2.05, 4.69) is 18.4 Å². The minimum absolute atomic E-state index is 0.112. The molecule has 0 atom stereocenters. The molecule has 1 aromatic rings. The van der Waals surface area contributed by atoms with Crippen LogP contribution in [0.4, 0.5) is 4.39 Å². The van der Waals surface area contributed by atoms with E-state index in [1.165, 1.54) is 12.1 Å². The highest BCUT2D eigenvalue weighted by Gasteiger charge is 2.06. The first-order valence-corrected chi connectivity index (χ1v) is 5.00. The molecule has 0 aromatic heterocycles. The lowest BCUT2D eigenvalue weighted by Crippen LogP contribution is -1.99. The molecule has 0 bridgehead atoms. The molecule has 0 saturated carbocycles. The molecule has 1 aromatic carbocycles. The first kappa shape index (κ1) is 12.3. The van der Waals surface area contributed by atoms with E-state index < -0.39 is 5.82 Å². The van der Waals surface area contributed by atoms with Gasteiger partial charge in [0.05, 0.1) is 5.56 Å². The molecule has 0 spiro atoms. The molecule has 0 aliphatic rings. The Morgan fingerprint density at radius 3 is 2.44 bits per heavy atom. The van der Waals surface area contributed by atoms with Crippen molar-refractivity contribution in [3.63, 3.8) is 0 Å². The summed E-state index contributed by atoms with van der Waals surface area (Å²) in [5.41, 5.74) is 0.592. The van der Waals surface area contributed by atoms with Crippen LogP contribution in [-0.2, 0) is 0 Å². The predicted molar refractivity (Wildman–Crippen MR) is 64.4 cm³/mol. The Balaban J connectivity index is 3.06. The molecule has 0 unspecified atom stereocenters. The predicted octanol–water partition coefficient (Wildman–Crippen LogP) is 3.75. The normalized spacial score (nSPS) is 10.5. The van der Waals surface area contributed by atoms with E-state index in [0.717, 1.165) is 0 Å². The molecular weight excluding hydrogens is 203 g/mol. The maximum absolute atomic E-state index is 13.4. The van der Waals surface area contributed by atoms with E-state index >= 15 is 0 Å². The lowest BCUT2D eigenvalue weighted by molar-refractivity contribution is 0.504. The molecule has 0 saturated heterocycles. The van der Waals surface area contributed by atoms with Crippen LogP contribution in [0.3, 0.4) is 0 Å². The third-order valence-electron chi connectivity index (χ3n) is 1.86. The van der Waals surface area contributed by atoms with Gasteiger partial charge < -0.3 is 5.11 Å². The molecule has 2 heteroatoms. The first-order chi connectivity index (χ1) is 7.29. The summed E-state index contributed by atoms with van der Waals surface area (Å²) in [6, 6.07) is 4.44. The van der Waals surface area contributed by atoms with Gasteiger partial charge in [-0.15, -0.1) is 0 Å². The van der Waals surface area contributed by atoms with E-state index in [0.29, 0.717) is 5.56 Å². The van der Waals surface area contributed by atoms with E-state index in [4.69, 9.17) is 5.11 Å². The van der Waals surface area contributed by atoms with E-state index in [-0.39, 0.29) is 16.7 Å². The van der Waals surface area contributed by atoms with Gasteiger partial charge in [-0.3, -0.25) is 0 Å². The molecule has 0 radical (unpaired) electrons. The van der Waals surface area contributed by atoms with Gasteiger partial charge in [0.15, 0.2) is 0 Å². The van der Waals surface area contributed by atoms with Crippen LogP contribution in [0.2, 0.25) is 0 Å². The largest absolute Gasteiger partial charge is 0.508 e. The Morgan fingerprint density at radius 1 is 1.38 bits per heavy atom. The molecule has 0 heterocycles. The summed E-state index contributed by atoms with van der Waals surface area (Å²) in [5, 5.41) is 9.08. The Labute approximate surface area is 95.6 Å². The highest BCUT2D eigenvalue weighted by Crippen LogP contribution is 2.16. The molecule has 84 valence electrons. The Hall–Kier alpha value is -1.75. The summed E-state index contributed by atoms with van der Waals surface area (Å²) < 4.78 is 13.4. The standard InChI is InChI=1S/C14H15FO/c1-10(16)12-6-5-11(9-13(12)15)7-8-14(2,3)4/h5-6,9,16H,1H2,2-4H3. The second-order valence-corrected chi connectivity index (χ2v) is 4.64. The van der Waals surface area contributed by atoms with Crippen molar-refractivity contribution in [2.45, 2.75) is 20.8 Å². The SMILES string of the molecule is C=C(O)c1ccc(C#CC(C)(C)C)cc1F. The van der Waals surface area contributed by atoms with Crippen molar-refractivity contribution in [1.82, 2.24) is 0 Å². The number of aliphatic hydroxyl groups excluding tert-OH is 1. The summed E-state index contributed by atoms with van der Waals surface area (Å²) >= 11 is 0. The van der Waals surface area contributed by atoms with Gasteiger partial charge in [-0.25, -0.2) is 4.39 Å². The average Bonchev–Trinajstić information content (AvgIpc) is 2.13. The highest BCUT2D eigenvalue weighted by atomic mass is 19.1. The van der Waals surface area contributed by atoms with Gasteiger partial charge in [0.2, 0.25) is 0 Å². The zero-order chi connectivity index (χ0) is 12.3. The lowest BCUT2D eigenvalue weighted by atomic mass is 9.97. The van der Waals surface area contributed by atoms with Crippen molar-refractivity contribution in [2.75, 3.05) is 0 Å². The van der Waals surface area contributed by atoms with Gasteiger partial charge >= 0.3 is 0 Å². The van der Waals surface area contributed by atoms with Crippen LogP contribution in [-0.4, -0.2) is 5.11 Å². The number of halogens is 1. The van der Waals surface area contributed by atoms with E-state index in [1.54, 1.807) is 6.07 Å². The third-order valence-corrected chi connectivity index (χ3v) is 1.86. The van der Waals surface area contributed by atoms with Crippen molar-refractivity contribution < 1.29 is 9.50 Å². The Morgan fingerprint density at radius 2 is 2.00 bits per heavy atom.